The third-order valence-corrected chi connectivity index (χ3v) is 7.18. The van der Waals surface area contributed by atoms with E-state index >= 15 is 0 Å². The molecule has 2 aliphatic carbocycles. The summed E-state index contributed by atoms with van der Waals surface area (Å²) < 4.78 is 18.5. The summed E-state index contributed by atoms with van der Waals surface area (Å²) in [5, 5.41) is 35.0. The molecule has 41 heavy (non-hydrogen) atoms. The highest BCUT2D eigenvalue weighted by Gasteiger charge is 2.22. The van der Waals surface area contributed by atoms with Gasteiger partial charge in [0.2, 0.25) is 5.88 Å². The van der Waals surface area contributed by atoms with E-state index in [1.165, 1.54) is 12.4 Å². The Kier molecular flexibility index (Phi) is 10.8. The van der Waals surface area contributed by atoms with Crippen LogP contribution in [0, 0.1) is 22.7 Å². The number of rotatable bonds is 6. The smallest absolute Gasteiger partial charge is 0.221 e. The van der Waals surface area contributed by atoms with Gasteiger partial charge in [-0.25, -0.2) is 14.5 Å². The number of aryl methyl sites for hydroxylation is 2. The Hall–Kier alpha value is -3.81. The van der Waals surface area contributed by atoms with Crippen LogP contribution in [0.1, 0.15) is 59.3 Å². The molecule has 0 saturated carbocycles. The number of ether oxygens (including phenoxy) is 3. The van der Waals surface area contributed by atoms with Gasteiger partial charge < -0.3 is 19.3 Å². The monoisotopic (exact) mass is 580 g/mol. The Morgan fingerprint density at radius 2 is 1.34 bits per heavy atom. The van der Waals surface area contributed by atoms with Crippen LogP contribution in [0.3, 0.4) is 0 Å². The first kappa shape index (κ1) is 30.2. The second-order valence-corrected chi connectivity index (χ2v) is 9.81. The first-order chi connectivity index (χ1) is 20.1. The first-order valence-electron chi connectivity index (χ1n) is 13.5. The van der Waals surface area contributed by atoms with Gasteiger partial charge in [0, 0.05) is 31.0 Å². The second-order valence-electron chi connectivity index (χ2n) is 9.45. The summed E-state index contributed by atoms with van der Waals surface area (Å²) in [6.07, 6.45) is 11.4. The standard InChI is InChI=1S/C14H16N4O2.C11H9ClN4.C3H8O2/c1-19-6-7-20-14-11-4-2-3-5-12(11)17-13-10(8-15)9-16-18(13)14;12-10-8-3-1-2-4-9(8)15-11-7(5-13)6-14-16(10)11;1-5-3-2-4/h9H,2-7H2,1H3;6H,1-4H2;4H,2-3H2,1H3. The zero-order valence-corrected chi connectivity index (χ0v) is 24.0. The van der Waals surface area contributed by atoms with E-state index in [1.54, 1.807) is 23.3 Å². The van der Waals surface area contributed by atoms with E-state index in [0.29, 0.717) is 53.3 Å². The summed E-state index contributed by atoms with van der Waals surface area (Å²) in [6.45, 7) is 1.55. The summed E-state index contributed by atoms with van der Waals surface area (Å²) in [5.41, 5.74) is 6.40. The fraction of sp³-hybridized carbons (Fsp3) is 0.500. The lowest BCUT2D eigenvalue weighted by atomic mass is 9.97. The molecule has 0 spiro atoms. The van der Waals surface area contributed by atoms with Crippen LogP contribution >= 0.6 is 11.6 Å². The van der Waals surface area contributed by atoms with Gasteiger partial charge in [-0.1, -0.05) is 11.6 Å². The molecule has 4 heterocycles. The SMILES string of the molecule is COCCO.COCCOc1c2c(nc3c(C#N)cnn13)CCCC2.N#Cc1cnn2c(Cl)c3c(nc12)CCCC3. The highest BCUT2D eigenvalue weighted by molar-refractivity contribution is 6.30. The van der Waals surface area contributed by atoms with E-state index in [4.69, 9.17) is 36.7 Å². The summed E-state index contributed by atoms with van der Waals surface area (Å²) in [6, 6.07) is 4.20. The number of halogens is 1. The van der Waals surface area contributed by atoms with E-state index in [0.717, 1.165) is 73.9 Å². The largest absolute Gasteiger partial charge is 0.475 e. The molecule has 0 fully saturated rings. The van der Waals surface area contributed by atoms with Crippen LogP contribution in [0.2, 0.25) is 5.15 Å². The predicted octanol–water partition coefficient (Wildman–Crippen LogP) is 3.26. The molecular formula is C28H33ClN8O4. The molecule has 0 unspecified atom stereocenters. The lowest BCUT2D eigenvalue weighted by Gasteiger charge is -2.19. The maximum atomic E-state index is 9.13. The number of hydrogen-bond donors (Lipinski definition) is 1. The van der Waals surface area contributed by atoms with Crippen molar-refractivity contribution < 1.29 is 19.3 Å². The quantitative estimate of drug-likeness (QED) is 0.265. The van der Waals surface area contributed by atoms with Crippen molar-refractivity contribution in [2.75, 3.05) is 40.6 Å². The van der Waals surface area contributed by atoms with Crippen molar-refractivity contribution in [3.63, 3.8) is 0 Å². The molecule has 13 heteroatoms. The van der Waals surface area contributed by atoms with Gasteiger partial charge >= 0.3 is 0 Å². The van der Waals surface area contributed by atoms with Crippen molar-refractivity contribution in [2.45, 2.75) is 51.4 Å². The molecule has 0 aliphatic heterocycles. The molecular weight excluding hydrogens is 548 g/mol. The minimum atomic E-state index is 0.122. The van der Waals surface area contributed by atoms with Gasteiger partial charge in [-0.05, 0) is 51.4 Å². The highest BCUT2D eigenvalue weighted by Crippen LogP contribution is 2.30. The maximum absolute atomic E-state index is 9.13. The number of aliphatic hydroxyl groups excluding tert-OH is 1. The minimum absolute atomic E-state index is 0.122. The molecule has 4 aromatic heterocycles. The van der Waals surface area contributed by atoms with Crippen LogP contribution < -0.4 is 4.74 Å². The van der Waals surface area contributed by atoms with Gasteiger partial charge in [0.05, 0.1) is 37.9 Å². The minimum Gasteiger partial charge on any atom is -0.475 e. The van der Waals surface area contributed by atoms with E-state index in [2.05, 4.69) is 37.0 Å². The van der Waals surface area contributed by atoms with Crippen LogP contribution in [0.5, 0.6) is 5.88 Å². The number of nitrogens with zero attached hydrogens (tertiary/aromatic N) is 8. The third-order valence-electron chi connectivity index (χ3n) is 6.79. The lowest BCUT2D eigenvalue weighted by Crippen LogP contribution is -2.15. The van der Waals surface area contributed by atoms with Crippen molar-refractivity contribution >= 4 is 22.9 Å². The number of aromatic nitrogens is 6. The van der Waals surface area contributed by atoms with Gasteiger partial charge in [-0.2, -0.15) is 25.2 Å². The van der Waals surface area contributed by atoms with Crippen molar-refractivity contribution in [3.8, 4) is 18.0 Å². The van der Waals surface area contributed by atoms with Gasteiger partial charge in [-0.3, -0.25) is 0 Å². The Bertz CT molecular complexity index is 1570. The van der Waals surface area contributed by atoms with Gasteiger partial charge in [-0.15, -0.1) is 0 Å². The number of aliphatic hydroxyl groups is 1. The predicted molar refractivity (Wildman–Crippen MR) is 150 cm³/mol. The molecule has 0 saturated heterocycles. The van der Waals surface area contributed by atoms with Gasteiger partial charge in [0.15, 0.2) is 11.3 Å². The fourth-order valence-corrected chi connectivity index (χ4v) is 5.13. The highest BCUT2D eigenvalue weighted by atomic mass is 35.5. The Labute approximate surface area is 243 Å². The van der Waals surface area contributed by atoms with Crippen LogP contribution in [0.15, 0.2) is 12.4 Å². The van der Waals surface area contributed by atoms with Gasteiger partial charge in [0.1, 0.15) is 35.0 Å². The lowest BCUT2D eigenvalue weighted by molar-refractivity contribution is 0.135. The number of nitriles is 2. The van der Waals surface area contributed by atoms with E-state index in [-0.39, 0.29) is 6.61 Å². The molecule has 12 nitrogen and oxygen atoms in total. The number of methoxy groups -OCH3 is 2. The van der Waals surface area contributed by atoms with E-state index in [9.17, 15) is 0 Å². The van der Waals surface area contributed by atoms with Crippen molar-refractivity contribution in [3.05, 3.63) is 51.2 Å². The molecule has 0 atom stereocenters. The molecule has 0 aromatic carbocycles. The van der Waals surface area contributed by atoms with E-state index in [1.807, 2.05) is 0 Å². The zero-order chi connectivity index (χ0) is 29.2. The zero-order valence-electron chi connectivity index (χ0n) is 23.3. The summed E-state index contributed by atoms with van der Waals surface area (Å²) in [4.78, 5) is 9.10. The topological polar surface area (TPSA) is 156 Å². The molecule has 6 rings (SSSR count). The van der Waals surface area contributed by atoms with Crippen LogP contribution in [0.4, 0.5) is 0 Å². The fourth-order valence-electron chi connectivity index (χ4n) is 4.80. The van der Waals surface area contributed by atoms with E-state index < -0.39 is 0 Å². The maximum Gasteiger partial charge on any atom is 0.221 e. The average molecular weight is 581 g/mol. The number of fused-ring (bicyclic) bond motifs is 4. The number of hydrogen-bond acceptors (Lipinski definition) is 10. The Morgan fingerprint density at radius 3 is 1.90 bits per heavy atom. The van der Waals surface area contributed by atoms with Crippen molar-refractivity contribution in [1.82, 2.24) is 29.2 Å². The summed E-state index contributed by atoms with van der Waals surface area (Å²) in [7, 11) is 3.19. The van der Waals surface area contributed by atoms with Crippen LogP contribution in [-0.4, -0.2) is 74.9 Å². The third kappa shape index (κ3) is 6.75. The Balaban J connectivity index is 0.000000165. The molecule has 216 valence electrons. The van der Waals surface area contributed by atoms with Crippen LogP contribution in [0.25, 0.3) is 11.3 Å². The molecule has 1 N–H and O–H groups in total. The van der Waals surface area contributed by atoms with Crippen molar-refractivity contribution in [1.29, 1.82) is 10.5 Å². The summed E-state index contributed by atoms with van der Waals surface area (Å²) in [5.74, 6) is 0.711. The molecule has 4 aromatic rings. The second kappa shape index (κ2) is 14.7. The Morgan fingerprint density at radius 1 is 0.805 bits per heavy atom. The molecule has 0 amide bonds. The van der Waals surface area contributed by atoms with Gasteiger partial charge in [0.25, 0.3) is 0 Å². The normalized spacial score (nSPS) is 13.6. The first-order valence-corrected chi connectivity index (χ1v) is 13.9. The molecule has 0 radical (unpaired) electrons. The summed E-state index contributed by atoms with van der Waals surface area (Å²) >= 11 is 6.28. The molecule has 2 aliphatic rings. The van der Waals surface area contributed by atoms with Crippen LogP contribution in [-0.2, 0) is 35.2 Å². The van der Waals surface area contributed by atoms with Crippen molar-refractivity contribution in [2.24, 2.45) is 0 Å². The molecule has 0 bridgehead atoms. The average Bonchev–Trinajstić information content (AvgIpc) is 3.62.